The van der Waals surface area contributed by atoms with Crippen molar-refractivity contribution < 1.29 is 9.32 Å². The van der Waals surface area contributed by atoms with Crippen LogP contribution < -0.4 is 0 Å². The quantitative estimate of drug-likeness (QED) is 0.861. The number of carbonyl (C=O) groups is 1. The Kier molecular flexibility index (Phi) is 4.90. The topological polar surface area (TPSA) is 83.0 Å². The predicted octanol–water partition coefficient (Wildman–Crippen LogP) is 2.27. The number of carbonyl (C=O) groups excluding carboxylic acids is 1. The molecule has 0 aliphatic carbocycles. The molecule has 2 aromatic rings. The number of amides is 1. The summed E-state index contributed by atoms with van der Waals surface area (Å²) >= 11 is 0. The summed E-state index contributed by atoms with van der Waals surface area (Å²) in [4.78, 5) is 18.5. The molecule has 1 aliphatic rings. The van der Waals surface area contributed by atoms with Crippen molar-refractivity contribution in [1.29, 1.82) is 5.26 Å². The van der Waals surface area contributed by atoms with Gasteiger partial charge in [-0.1, -0.05) is 11.2 Å². The van der Waals surface area contributed by atoms with Crippen molar-refractivity contribution in [3.05, 3.63) is 47.1 Å². The molecule has 0 radical (unpaired) electrons. The highest BCUT2D eigenvalue weighted by Crippen LogP contribution is 2.22. The zero-order valence-corrected chi connectivity index (χ0v) is 13.7. The van der Waals surface area contributed by atoms with Crippen molar-refractivity contribution in [3.63, 3.8) is 0 Å². The van der Waals surface area contributed by atoms with Crippen LogP contribution in [0.5, 0.6) is 0 Å². The minimum atomic E-state index is 0.0135. The van der Waals surface area contributed by atoms with Gasteiger partial charge in [-0.25, -0.2) is 0 Å². The maximum absolute atomic E-state index is 12.4. The maximum Gasteiger partial charge on any atom is 0.228 e. The monoisotopic (exact) mass is 324 g/mol. The van der Waals surface area contributed by atoms with Gasteiger partial charge in [0, 0.05) is 25.5 Å². The fourth-order valence-corrected chi connectivity index (χ4v) is 3.18. The van der Waals surface area contributed by atoms with E-state index in [0.29, 0.717) is 22.9 Å². The van der Waals surface area contributed by atoms with Crippen molar-refractivity contribution in [2.24, 2.45) is 5.92 Å². The summed E-state index contributed by atoms with van der Waals surface area (Å²) < 4.78 is 5.01. The molecule has 3 rings (SSSR count). The van der Waals surface area contributed by atoms with E-state index in [0.717, 1.165) is 32.4 Å². The lowest BCUT2D eigenvalue weighted by Crippen LogP contribution is -2.39. The molecule has 6 nitrogen and oxygen atoms in total. The van der Waals surface area contributed by atoms with Crippen LogP contribution in [0.1, 0.15) is 35.4 Å². The van der Waals surface area contributed by atoms with Gasteiger partial charge in [0.15, 0.2) is 5.76 Å². The number of hydrogen-bond donors (Lipinski definition) is 0. The Morgan fingerprint density at radius 1 is 1.46 bits per heavy atom. The fraction of sp³-hybridized carbons (Fsp3) is 0.444. The van der Waals surface area contributed by atoms with Gasteiger partial charge in [-0.05, 0) is 43.7 Å². The molecule has 2 aromatic heterocycles. The molecule has 1 aliphatic heterocycles. The smallest absolute Gasteiger partial charge is 0.228 e. The second-order valence-corrected chi connectivity index (χ2v) is 6.24. The van der Waals surface area contributed by atoms with Crippen molar-refractivity contribution in [1.82, 2.24) is 15.0 Å². The van der Waals surface area contributed by atoms with E-state index in [1.54, 1.807) is 13.1 Å². The van der Waals surface area contributed by atoms with Gasteiger partial charge in [0.25, 0.3) is 0 Å². The number of aromatic nitrogens is 2. The highest BCUT2D eigenvalue weighted by atomic mass is 16.5. The number of likely N-dealkylation sites (tertiary alicyclic amines) is 1. The summed E-state index contributed by atoms with van der Waals surface area (Å²) in [5, 5.41) is 12.9. The minimum absolute atomic E-state index is 0.0135. The summed E-state index contributed by atoms with van der Waals surface area (Å²) in [6, 6.07) is 6.11. The Morgan fingerprint density at radius 3 is 2.92 bits per heavy atom. The SMILES string of the molecule is Cc1onc(CC(=O)N2CCC(Cc3cccnc3)CC2)c1C#N. The third-order valence-corrected chi connectivity index (χ3v) is 4.58. The number of rotatable bonds is 4. The van der Waals surface area contributed by atoms with Crippen LogP contribution in [-0.2, 0) is 17.6 Å². The molecule has 1 saturated heterocycles. The average Bonchev–Trinajstić information content (AvgIpc) is 2.96. The lowest BCUT2D eigenvalue weighted by molar-refractivity contribution is -0.131. The fourth-order valence-electron chi connectivity index (χ4n) is 3.18. The minimum Gasteiger partial charge on any atom is -0.360 e. The highest BCUT2D eigenvalue weighted by molar-refractivity contribution is 5.79. The van der Waals surface area contributed by atoms with Gasteiger partial charge in [-0.15, -0.1) is 0 Å². The van der Waals surface area contributed by atoms with Gasteiger partial charge in [0.2, 0.25) is 5.91 Å². The molecule has 0 spiro atoms. The van der Waals surface area contributed by atoms with Crippen LogP contribution >= 0.6 is 0 Å². The second kappa shape index (κ2) is 7.26. The average molecular weight is 324 g/mol. The van der Waals surface area contributed by atoms with E-state index >= 15 is 0 Å². The molecule has 0 bridgehead atoms. The van der Waals surface area contributed by atoms with Gasteiger partial charge in [-0.2, -0.15) is 5.26 Å². The van der Waals surface area contributed by atoms with Crippen molar-refractivity contribution in [3.8, 4) is 6.07 Å². The number of hydrogen-bond acceptors (Lipinski definition) is 5. The molecular formula is C18H20N4O2. The van der Waals surface area contributed by atoms with Crippen LogP contribution in [0.3, 0.4) is 0 Å². The Balaban J connectivity index is 1.53. The molecule has 3 heterocycles. The lowest BCUT2D eigenvalue weighted by Gasteiger charge is -2.32. The van der Waals surface area contributed by atoms with E-state index in [9.17, 15) is 4.79 Å². The predicted molar refractivity (Wildman–Crippen MR) is 86.9 cm³/mol. The van der Waals surface area contributed by atoms with Crippen LogP contribution in [0, 0.1) is 24.2 Å². The Morgan fingerprint density at radius 2 is 2.25 bits per heavy atom. The molecule has 24 heavy (non-hydrogen) atoms. The summed E-state index contributed by atoms with van der Waals surface area (Å²) in [7, 11) is 0. The van der Waals surface area contributed by atoms with Crippen LogP contribution in [0.15, 0.2) is 29.0 Å². The number of pyridine rings is 1. The lowest BCUT2D eigenvalue weighted by atomic mass is 9.90. The normalized spacial score (nSPS) is 15.2. The van der Waals surface area contributed by atoms with Crippen LogP contribution in [-0.4, -0.2) is 34.0 Å². The number of aryl methyl sites for hydroxylation is 1. The number of piperidine rings is 1. The van der Waals surface area contributed by atoms with Crippen LogP contribution in [0.25, 0.3) is 0 Å². The highest BCUT2D eigenvalue weighted by Gasteiger charge is 2.25. The molecule has 0 N–H and O–H groups in total. The standard InChI is InChI=1S/C18H20N4O2/c1-13-16(11-19)17(21-24-13)10-18(23)22-7-4-14(5-8-22)9-15-3-2-6-20-12-15/h2-3,6,12,14H,4-5,7-10H2,1H3. The summed E-state index contributed by atoms with van der Waals surface area (Å²) in [5.74, 6) is 1.07. The Hall–Kier alpha value is -2.68. The molecule has 0 unspecified atom stereocenters. The molecule has 1 fully saturated rings. The maximum atomic E-state index is 12.4. The molecule has 1 amide bonds. The van der Waals surface area contributed by atoms with E-state index < -0.39 is 0 Å². The van der Waals surface area contributed by atoms with E-state index in [2.05, 4.69) is 22.3 Å². The molecule has 0 aromatic carbocycles. The molecule has 0 saturated carbocycles. The molecular weight excluding hydrogens is 304 g/mol. The van der Waals surface area contributed by atoms with Gasteiger partial charge in [0.1, 0.15) is 17.3 Å². The number of nitrogens with zero attached hydrogens (tertiary/aromatic N) is 4. The van der Waals surface area contributed by atoms with Gasteiger partial charge < -0.3 is 9.42 Å². The van der Waals surface area contributed by atoms with Crippen molar-refractivity contribution >= 4 is 5.91 Å². The van der Waals surface area contributed by atoms with Crippen LogP contribution in [0.4, 0.5) is 0 Å². The van der Waals surface area contributed by atoms with Crippen molar-refractivity contribution in [2.45, 2.75) is 32.6 Å². The van der Waals surface area contributed by atoms with E-state index in [1.807, 2.05) is 17.2 Å². The first-order valence-corrected chi connectivity index (χ1v) is 8.19. The van der Waals surface area contributed by atoms with E-state index in [1.165, 1.54) is 5.56 Å². The third-order valence-electron chi connectivity index (χ3n) is 4.58. The first-order valence-electron chi connectivity index (χ1n) is 8.19. The van der Waals surface area contributed by atoms with E-state index in [4.69, 9.17) is 9.78 Å². The first-order chi connectivity index (χ1) is 11.7. The third kappa shape index (κ3) is 3.62. The zero-order valence-electron chi connectivity index (χ0n) is 13.7. The largest absolute Gasteiger partial charge is 0.360 e. The van der Waals surface area contributed by atoms with Crippen molar-refractivity contribution in [2.75, 3.05) is 13.1 Å². The summed E-state index contributed by atoms with van der Waals surface area (Å²) in [6.45, 7) is 3.19. The van der Waals surface area contributed by atoms with Gasteiger partial charge in [-0.3, -0.25) is 9.78 Å². The number of nitriles is 1. The molecule has 0 atom stereocenters. The summed E-state index contributed by atoms with van der Waals surface area (Å²) in [5.41, 5.74) is 2.08. The Bertz CT molecular complexity index is 740. The van der Waals surface area contributed by atoms with Crippen LogP contribution in [0.2, 0.25) is 0 Å². The molecule has 124 valence electrons. The van der Waals surface area contributed by atoms with Gasteiger partial charge in [0.05, 0.1) is 6.42 Å². The van der Waals surface area contributed by atoms with Gasteiger partial charge >= 0.3 is 0 Å². The first kappa shape index (κ1) is 16.2. The Labute approximate surface area is 141 Å². The second-order valence-electron chi connectivity index (χ2n) is 6.24. The summed E-state index contributed by atoms with van der Waals surface area (Å²) in [6.07, 6.45) is 6.82. The zero-order chi connectivity index (χ0) is 16.9. The van der Waals surface area contributed by atoms with E-state index in [-0.39, 0.29) is 12.3 Å². The molecule has 6 heteroatoms.